The molecule has 0 spiro atoms. The SMILES string of the molecule is NCCCN(CCCN)Cc1ccccc1CN(CCCN)CCCN. The molecule has 150 valence electrons. The molecule has 26 heavy (non-hydrogen) atoms. The highest BCUT2D eigenvalue weighted by Gasteiger charge is 2.12. The van der Waals surface area contributed by atoms with E-state index in [1.165, 1.54) is 11.1 Å². The van der Waals surface area contributed by atoms with Crippen molar-refractivity contribution in [1.82, 2.24) is 9.80 Å². The summed E-state index contributed by atoms with van der Waals surface area (Å²) in [6.07, 6.45) is 4.08. The fourth-order valence-corrected chi connectivity index (χ4v) is 3.15. The molecule has 0 saturated heterocycles. The van der Waals surface area contributed by atoms with Gasteiger partial charge in [0, 0.05) is 13.1 Å². The largest absolute Gasteiger partial charge is 0.330 e. The van der Waals surface area contributed by atoms with Crippen LogP contribution in [-0.4, -0.2) is 62.2 Å². The van der Waals surface area contributed by atoms with Crippen molar-refractivity contribution in [1.29, 1.82) is 0 Å². The van der Waals surface area contributed by atoms with Gasteiger partial charge in [0.15, 0.2) is 0 Å². The second-order valence-corrected chi connectivity index (χ2v) is 6.89. The lowest BCUT2D eigenvalue weighted by Gasteiger charge is -2.26. The number of benzene rings is 1. The normalized spacial score (nSPS) is 11.6. The Morgan fingerprint density at radius 1 is 0.538 bits per heavy atom. The van der Waals surface area contributed by atoms with Crippen LogP contribution in [0.5, 0.6) is 0 Å². The molecule has 0 atom stereocenters. The second kappa shape index (κ2) is 15.1. The quantitative estimate of drug-likeness (QED) is 0.343. The van der Waals surface area contributed by atoms with Crippen molar-refractivity contribution in [2.45, 2.75) is 38.8 Å². The molecule has 0 aromatic heterocycles. The molecule has 8 N–H and O–H groups in total. The van der Waals surface area contributed by atoms with Gasteiger partial charge in [0.05, 0.1) is 0 Å². The Bertz CT molecular complexity index is 397. The number of hydrogen-bond donors (Lipinski definition) is 4. The van der Waals surface area contributed by atoms with Gasteiger partial charge in [-0.3, -0.25) is 9.80 Å². The molecule has 0 aliphatic carbocycles. The van der Waals surface area contributed by atoms with Crippen molar-refractivity contribution in [3.05, 3.63) is 35.4 Å². The van der Waals surface area contributed by atoms with Crippen LogP contribution >= 0.6 is 0 Å². The van der Waals surface area contributed by atoms with Gasteiger partial charge in [0.2, 0.25) is 0 Å². The van der Waals surface area contributed by atoms with Crippen LogP contribution in [0.4, 0.5) is 0 Å². The van der Waals surface area contributed by atoms with E-state index in [1.54, 1.807) is 0 Å². The fourth-order valence-electron chi connectivity index (χ4n) is 3.15. The molecular weight excluding hydrogens is 324 g/mol. The van der Waals surface area contributed by atoms with E-state index in [4.69, 9.17) is 22.9 Å². The summed E-state index contributed by atoms with van der Waals surface area (Å²) in [6, 6.07) is 8.76. The molecule has 0 heterocycles. The monoisotopic (exact) mass is 364 g/mol. The minimum atomic E-state index is 0.729. The highest BCUT2D eigenvalue weighted by molar-refractivity contribution is 5.27. The van der Waals surface area contributed by atoms with Gasteiger partial charge in [-0.1, -0.05) is 24.3 Å². The predicted octanol–water partition coefficient (Wildman–Crippen LogP) is 0.686. The Balaban J connectivity index is 2.78. The van der Waals surface area contributed by atoms with Crippen LogP contribution in [0.1, 0.15) is 36.8 Å². The third-order valence-corrected chi connectivity index (χ3v) is 4.62. The van der Waals surface area contributed by atoms with E-state index in [-0.39, 0.29) is 0 Å². The summed E-state index contributed by atoms with van der Waals surface area (Å²) in [6.45, 7) is 8.92. The van der Waals surface area contributed by atoms with Crippen molar-refractivity contribution in [2.75, 3.05) is 52.4 Å². The van der Waals surface area contributed by atoms with Crippen molar-refractivity contribution in [3.63, 3.8) is 0 Å². The molecule has 1 aromatic carbocycles. The van der Waals surface area contributed by atoms with Crippen LogP contribution in [-0.2, 0) is 13.1 Å². The number of hydrogen-bond acceptors (Lipinski definition) is 6. The van der Waals surface area contributed by atoms with E-state index in [1.807, 2.05) is 0 Å². The second-order valence-electron chi connectivity index (χ2n) is 6.89. The van der Waals surface area contributed by atoms with Gasteiger partial charge in [-0.15, -0.1) is 0 Å². The molecule has 0 bridgehead atoms. The van der Waals surface area contributed by atoms with E-state index < -0.39 is 0 Å². The summed E-state index contributed by atoms with van der Waals surface area (Å²) in [5.74, 6) is 0. The third-order valence-electron chi connectivity index (χ3n) is 4.62. The summed E-state index contributed by atoms with van der Waals surface area (Å²) in [7, 11) is 0. The molecule has 0 aliphatic heterocycles. The van der Waals surface area contributed by atoms with E-state index in [0.717, 1.165) is 91.1 Å². The molecule has 6 nitrogen and oxygen atoms in total. The van der Waals surface area contributed by atoms with Crippen molar-refractivity contribution in [2.24, 2.45) is 22.9 Å². The lowest BCUT2D eigenvalue weighted by Crippen LogP contribution is -2.31. The minimum absolute atomic E-state index is 0.729. The van der Waals surface area contributed by atoms with Gasteiger partial charge in [-0.2, -0.15) is 0 Å². The third kappa shape index (κ3) is 9.62. The van der Waals surface area contributed by atoms with E-state index in [0.29, 0.717) is 0 Å². The van der Waals surface area contributed by atoms with E-state index in [9.17, 15) is 0 Å². The summed E-state index contributed by atoms with van der Waals surface area (Å²) >= 11 is 0. The highest BCUT2D eigenvalue weighted by atomic mass is 15.1. The van der Waals surface area contributed by atoms with Crippen LogP contribution in [0.3, 0.4) is 0 Å². The molecule has 0 saturated carbocycles. The van der Waals surface area contributed by atoms with E-state index in [2.05, 4.69) is 34.1 Å². The van der Waals surface area contributed by atoms with Crippen molar-refractivity contribution in [3.8, 4) is 0 Å². The Labute approximate surface area is 159 Å². The maximum Gasteiger partial charge on any atom is 0.0236 e. The van der Waals surface area contributed by atoms with Crippen LogP contribution in [0.2, 0.25) is 0 Å². The molecule has 1 rings (SSSR count). The standard InChI is InChI=1S/C20H40N6/c21-9-3-13-25(14-4-10-22)17-19-7-1-2-8-20(19)18-26(15-5-11-23)16-6-12-24/h1-2,7-8H,3-6,9-18,21-24H2. The zero-order chi connectivity index (χ0) is 19.0. The Hall–Kier alpha value is -1.02. The van der Waals surface area contributed by atoms with Crippen LogP contribution in [0.25, 0.3) is 0 Å². The first-order chi connectivity index (χ1) is 12.7. The molecular formula is C20H40N6. The zero-order valence-corrected chi connectivity index (χ0v) is 16.4. The first-order valence-corrected chi connectivity index (χ1v) is 10.1. The molecule has 6 heteroatoms. The zero-order valence-electron chi connectivity index (χ0n) is 16.4. The van der Waals surface area contributed by atoms with Crippen molar-refractivity contribution >= 4 is 0 Å². The molecule has 0 fully saturated rings. The number of rotatable bonds is 16. The Morgan fingerprint density at radius 3 is 1.12 bits per heavy atom. The van der Waals surface area contributed by atoms with Crippen molar-refractivity contribution < 1.29 is 0 Å². The molecule has 0 radical (unpaired) electrons. The minimum Gasteiger partial charge on any atom is -0.330 e. The average Bonchev–Trinajstić information content (AvgIpc) is 2.67. The maximum absolute atomic E-state index is 5.71. The first kappa shape index (κ1) is 23.0. The number of nitrogens with zero attached hydrogens (tertiary/aromatic N) is 2. The van der Waals surface area contributed by atoms with Gasteiger partial charge < -0.3 is 22.9 Å². The van der Waals surface area contributed by atoms with Crippen LogP contribution in [0.15, 0.2) is 24.3 Å². The van der Waals surface area contributed by atoms with Crippen LogP contribution < -0.4 is 22.9 Å². The molecule has 1 aromatic rings. The Morgan fingerprint density at radius 2 is 0.846 bits per heavy atom. The van der Waals surface area contributed by atoms with Gasteiger partial charge in [-0.05, 0) is 89.2 Å². The smallest absolute Gasteiger partial charge is 0.0236 e. The van der Waals surface area contributed by atoms with Gasteiger partial charge in [0.25, 0.3) is 0 Å². The first-order valence-electron chi connectivity index (χ1n) is 10.1. The van der Waals surface area contributed by atoms with Gasteiger partial charge in [-0.25, -0.2) is 0 Å². The Kier molecular flexibility index (Phi) is 13.4. The maximum atomic E-state index is 5.71. The molecule has 0 aliphatic rings. The summed E-state index contributed by atoms with van der Waals surface area (Å²) < 4.78 is 0. The summed E-state index contributed by atoms with van der Waals surface area (Å²) in [4.78, 5) is 4.95. The lowest BCUT2D eigenvalue weighted by molar-refractivity contribution is 0.248. The van der Waals surface area contributed by atoms with Gasteiger partial charge in [0.1, 0.15) is 0 Å². The molecule has 0 amide bonds. The lowest BCUT2D eigenvalue weighted by atomic mass is 10.1. The summed E-state index contributed by atoms with van der Waals surface area (Å²) in [5, 5.41) is 0. The fraction of sp³-hybridized carbons (Fsp3) is 0.700. The summed E-state index contributed by atoms with van der Waals surface area (Å²) in [5.41, 5.74) is 25.6. The van der Waals surface area contributed by atoms with E-state index >= 15 is 0 Å². The predicted molar refractivity (Wildman–Crippen MR) is 112 cm³/mol. The molecule has 0 unspecified atom stereocenters. The highest BCUT2D eigenvalue weighted by Crippen LogP contribution is 2.15. The van der Waals surface area contributed by atoms with Crippen LogP contribution in [0, 0.1) is 0 Å². The average molecular weight is 365 g/mol. The topological polar surface area (TPSA) is 111 Å². The van der Waals surface area contributed by atoms with Gasteiger partial charge >= 0.3 is 0 Å². The number of nitrogens with two attached hydrogens (primary N) is 4.